The summed E-state index contributed by atoms with van der Waals surface area (Å²) in [7, 11) is 0.787. The zero-order valence-electron chi connectivity index (χ0n) is 18.8. The van der Waals surface area contributed by atoms with Crippen LogP contribution in [0.3, 0.4) is 0 Å². The van der Waals surface area contributed by atoms with Crippen LogP contribution in [0.1, 0.15) is 25.0 Å². The zero-order valence-corrected chi connectivity index (χ0v) is 19.6. The molecule has 164 valence electrons. The number of allylic oxidation sites excluding steroid dienone is 2. The highest BCUT2D eigenvalue weighted by atomic mass is 32.2. The summed E-state index contributed by atoms with van der Waals surface area (Å²) in [4.78, 5) is 4.68. The van der Waals surface area contributed by atoms with E-state index in [0.717, 1.165) is 23.4 Å². The van der Waals surface area contributed by atoms with Crippen molar-refractivity contribution in [2.24, 2.45) is 0 Å². The summed E-state index contributed by atoms with van der Waals surface area (Å²) in [5, 5.41) is 0. The van der Waals surface area contributed by atoms with E-state index in [1.165, 1.54) is 11.9 Å². The topological polar surface area (TPSA) is 49.9 Å². The van der Waals surface area contributed by atoms with Crippen LogP contribution < -0.4 is 9.80 Å². The normalized spacial score (nSPS) is 22.3. The lowest BCUT2D eigenvalue weighted by atomic mass is 9.77. The Kier molecular flexibility index (Phi) is 5.26. The number of fused-ring (bicyclic) bond motifs is 3. The molecule has 0 amide bonds. The molecule has 2 heterocycles. The maximum Gasteiger partial charge on any atom is 0.175 e. The first kappa shape index (κ1) is 21.7. The van der Waals surface area contributed by atoms with Gasteiger partial charge in [0.2, 0.25) is 0 Å². The largest absolute Gasteiger partial charge is 0.378 e. The monoisotopic (exact) mass is 438 g/mol. The van der Waals surface area contributed by atoms with Gasteiger partial charge in [0.15, 0.2) is 15.6 Å². The average molecular weight is 439 g/mol. The van der Waals surface area contributed by atoms with Crippen LogP contribution in [0.2, 0.25) is 0 Å². The average Bonchev–Trinajstić information content (AvgIpc) is 3.22. The van der Waals surface area contributed by atoms with Gasteiger partial charge in [-0.1, -0.05) is 44.2 Å². The lowest BCUT2D eigenvalue weighted by Crippen LogP contribution is -2.51. The maximum absolute atomic E-state index is 12.1. The van der Waals surface area contributed by atoms with Crippen molar-refractivity contribution in [2.75, 3.05) is 43.3 Å². The predicted molar refractivity (Wildman–Crippen MR) is 128 cm³/mol. The zero-order chi connectivity index (χ0) is 22.4. The van der Waals surface area contributed by atoms with Crippen LogP contribution in [0.25, 0.3) is 6.08 Å². The summed E-state index contributed by atoms with van der Waals surface area (Å²) >= 11 is 0. The predicted octanol–water partition coefficient (Wildman–Crippen LogP) is 4.25. The van der Waals surface area contributed by atoms with Crippen LogP contribution in [0.4, 0.5) is 11.4 Å². The Bertz CT molecular complexity index is 1150. The van der Waals surface area contributed by atoms with Gasteiger partial charge in [0.1, 0.15) is 0 Å². The molecule has 6 heteroatoms. The Morgan fingerprint density at radius 3 is 2.42 bits per heavy atom. The molecule has 0 aliphatic carbocycles. The highest BCUT2D eigenvalue weighted by Gasteiger charge is 2.59. The van der Waals surface area contributed by atoms with E-state index >= 15 is 0 Å². The van der Waals surface area contributed by atoms with Gasteiger partial charge in [0, 0.05) is 43.7 Å². The van der Waals surface area contributed by atoms with Crippen molar-refractivity contribution >= 4 is 27.3 Å². The number of ether oxygens (including phenoxy) is 1. The number of benzene rings is 2. The van der Waals surface area contributed by atoms with Gasteiger partial charge < -0.3 is 14.5 Å². The minimum Gasteiger partial charge on any atom is -0.378 e. The van der Waals surface area contributed by atoms with Crippen LogP contribution in [0.5, 0.6) is 0 Å². The molecule has 4 rings (SSSR count). The molecule has 2 aliphatic heterocycles. The van der Waals surface area contributed by atoms with Crippen LogP contribution in [-0.2, 0) is 20.0 Å². The van der Waals surface area contributed by atoms with Crippen LogP contribution in [-0.4, -0.2) is 47.6 Å². The SMILES string of the molecule is CN(C)c1ccc(/C=C/C=C\C23OCCN2c2ccc(S(C)(=O)=O)cc2C3(C)C)cc1. The lowest BCUT2D eigenvalue weighted by molar-refractivity contribution is -0.000334. The minimum absolute atomic E-state index is 0.348. The van der Waals surface area contributed by atoms with Crippen molar-refractivity contribution in [3.63, 3.8) is 0 Å². The Morgan fingerprint density at radius 1 is 1.06 bits per heavy atom. The highest BCUT2D eigenvalue weighted by Crippen LogP contribution is 2.55. The molecule has 2 aliphatic rings. The molecule has 0 saturated carbocycles. The molecule has 5 nitrogen and oxygen atoms in total. The molecule has 2 aromatic rings. The van der Waals surface area contributed by atoms with E-state index in [-0.39, 0.29) is 0 Å². The molecule has 0 spiro atoms. The molecule has 1 saturated heterocycles. The molecule has 1 fully saturated rings. The van der Waals surface area contributed by atoms with E-state index in [1.54, 1.807) is 6.07 Å². The molecule has 0 radical (unpaired) electrons. The van der Waals surface area contributed by atoms with Gasteiger partial charge in [-0.05, 0) is 47.5 Å². The van der Waals surface area contributed by atoms with Gasteiger partial charge >= 0.3 is 0 Å². The van der Waals surface area contributed by atoms with Crippen molar-refractivity contribution in [1.29, 1.82) is 0 Å². The molecule has 0 N–H and O–H groups in total. The smallest absolute Gasteiger partial charge is 0.175 e. The van der Waals surface area contributed by atoms with Crippen LogP contribution in [0.15, 0.2) is 65.6 Å². The van der Waals surface area contributed by atoms with Gasteiger partial charge in [-0.25, -0.2) is 8.42 Å². The second-order valence-electron chi connectivity index (χ2n) is 8.98. The third-order valence-corrected chi connectivity index (χ3v) is 7.54. The molecule has 31 heavy (non-hydrogen) atoms. The van der Waals surface area contributed by atoms with Crippen molar-refractivity contribution in [1.82, 2.24) is 0 Å². The lowest BCUT2D eigenvalue weighted by Gasteiger charge is -2.39. The highest BCUT2D eigenvalue weighted by molar-refractivity contribution is 7.90. The van der Waals surface area contributed by atoms with Gasteiger partial charge in [-0.15, -0.1) is 0 Å². The standard InChI is InChI=1S/C25H30N2O3S/c1-24(2)22-18-21(31(5,28)29)13-14-23(22)27-16-17-30-25(24,27)15-7-6-8-19-9-11-20(12-10-19)26(3)4/h6-15,18H,16-17H2,1-5H3/b8-6+,15-7-. The minimum atomic E-state index is -3.27. The summed E-state index contributed by atoms with van der Waals surface area (Å²) in [5.41, 5.74) is 3.30. The van der Waals surface area contributed by atoms with Crippen LogP contribution >= 0.6 is 0 Å². The van der Waals surface area contributed by atoms with Gasteiger partial charge in [-0.3, -0.25) is 0 Å². The second-order valence-corrected chi connectivity index (χ2v) is 11.0. The number of sulfone groups is 1. The summed E-state index contributed by atoms with van der Waals surface area (Å²) in [6.07, 6.45) is 9.48. The number of nitrogens with zero attached hydrogens (tertiary/aromatic N) is 2. The van der Waals surface area contributed by atoms with Crippen molar-refractivity contribution in [2.45, 2.75) is 29.9 Å². The molecular formula is C25H30N2O3S. The van der Waals surface area contributed by atoms with E-state index in [1.807, 2.05) is 38.4 Å². The molecule has 0 aromatic heterocycles. The fourth-order valence-corrected chi connectivity index (χ4v) is 5.26. The first-order chi connectivity index (χ1) is 14.6. The van der Waals surface area contributed by atoms with Crippen LogP contribution in [0, 0.1) is 0 Å². The third kappa shape index (κ3) is 3.58. The molecule has 1 atom stereocenters. The Balaban J connectivity index is 1.64. The third-order valence-electron chi connectivity index (χ3n) is 6.43. The van der Waals surface area contributed by atoms with Crippen molar-refractivity contribution < 1.29 is 13.2 Å². The van der Waals surface area contributed by atoms with Crippen molar-refractivity contribution in [3.8, 4) is 0 Å². The summed E-state index contributed by atoms with van der Waals surface area (Å²) in [6, 6.07) is 13.8. The first-order valence-corrected chi connectivity index (χ1v) is 12.3. The molecule has 0 bridgehead atoms. The first-order valence-electron chi connectivity index (χ1n) is 10.5. The Hall–Kier alpha value is -2.57. The summed E-state index contributed by atoms with van der Waals surface area (Å²) in [5.74, 6) is 0. The van der Waals surface area contributed by atoms with Gasteiger partial charge in [0.05, 0.1) is 11.5 Å². The van der Waals surface area contributed by atoms with E-state index in [9.17, 15) is 8.42 Å². The van der Waals surface area contributed by atoms with Gasteiger partial charge in [-0.2, -0.15) is 0 Å². The fourth-order valence-electron chi connectivity index (χ4n) is 4.61. The van der Waals surface area contributed by atoms with E-state index in [4.69, 9.17) is 4.74 Å². The molecular weight excluding hydrogens is 408 g/mol. The number of hydrogen-bond acceptors (Lipinski definition) is 5. The van der Waals surface area contributed by atoms with E-state index in [0.29, 0.717) is 11.5 Å². The summed E-state index contributed by atoms with van der Waals surface area (Å²) in [6.45, 7) is 5.65. The molecule has 1 unspecified atom stereocenters. The molecule has 2 aromatic carbocycles. The number of hydrogen-bond donors (Lipinski definition) is 0. The fraction of sp³-hybridized carbons (Fsp3) is 0.360. The maximum atomic E-state index is 12.1. The number of rotatable bonds is 5. The van der Waals surface area contributed by atoms with Crippen molar-refractivity contribution in [3.05, 3.63) is 71.8 Å². The van der Waals surface area contributed by atoms with E-state index < -0.39 is 21.0 Å². The number of anilines is 2. The summed E-state index contributed by atoms with van der Waals surface area (Å²) < 4.78 is 30.5. The quantitative estimate of drug-likeness (QED) is 0.653. The van der Waals surface area contributed by atoms with E-state index in [2.05, 4.69) is 60.1 Å². The Labute approximate surface area is 185 Å². The second kappa shape index (κ2) is 7.53. The Morgan fingerprint density at radius 2 is 1.77 bits per heavy atom. The van der Waals surface area contributed by atoms with Gasteiger partial charge in [0.25, 0.3) is 0 Å².